The molecule has 0 saturated heterocycles. The summed E-state index contributed by atoms with van der Waals surface area (Å²) in [5.41, 5.74) is 2.41. The Morgan fingerprint density at radius 1 is 1.17 bits per heavy atom. The number of nitrogens with one attached hydrogen (secondary N) is 1. The Bertz CT molecular complexity index is 637. The lowest BCUT2D eigenvalue weighted by Gasteiger charge is -2.36. The van der Waals surface area contributed by atoms with Crippen LogP contribution in [0.3, 0.4) is 0 Å². The van der Waals surface area contributed by atoms with Crippen LogP contribution in [0.15, 0.2) is 24.3 Å². The third kappa shape index (κ3) is 3.19. The van der Waals surface area contributed by atoms with Gasteiger partial charge in [0.25, 0.3) is 0 Å². The molecular weight excluding hydrogens is 300 g/mol. The molecule has 2 saturated carbocycles. The zero-order valence-electron chi connectivity index (χ0n) is 14.3. The molecule has 0 radical (unpaired) electrons. The van der Waals surface area contributed by atoms with Gasteiger partial charge in [-0.05, 0) is 55.1 Å². The molecule has 1 atom stereocenters. The number of fused-ring (bicyclic) bond motifs is 1. The van der Waals surface area contributed by atoms with E-state index in [0.717, 1.165) is 12.0 Å². The van der Waals surface area contributed by atoms with Crippen LogP contribution in [-0.4, -0.2) is 29.3 Å². The van der Waals surface area contributed by atoms with E-state index in [1.54, 1.807) is 6.92 Å². The Morgan fingerprint density at radius 2 is 1.83 bits per heavy atom. The molecule has 1 aromatic carbocycles. The lowest BCUT2D eigenvalue weighted by atomic mass is 9.90. The largest absolute Gasteiger partial charge is 0.353 e. The second-order valence-electron chi connectivity index (χ2n) is 7.65. The third-order valence-corrected chi connectivity index (χ3v) is 5.78. The van der Waals surface area contributed by atoms with Crippen molar-refractivity contribution in [3.05, 3.63) is 35.4 Å². The summed E-state index contributed by atoms with van der Waals surface area (Å²) in [6, 6.07) is 8.49. The minimum atomic E-state index is -0.119. The molecule has 2 fully saturated rings. The van der Waals surface area contributed by atoms with Gasteiger partial charge in [-0.25, -0.2) is 0 Å². The second-order valence-corrected chi connectivity index (χ2v) is 7.65. The van der Waals surface area contributed by atoms with Gasteiger partial charge in [0, 0.05) is 19.5 Å². The molecule has 1 aromatic rings. The molecule has 1 N–H and O–H groups in total. The lowest BCUT2D eigenvalue weighted by molar-refractivity contribution is -0.133. The van der Waals surface area contributed by atoms with E-state index in [9.17, 15) is 9.59 Å². The SMILES string of the molecule is CC(=O)N1CCc2ccccc2[C@H]1CC(=O)NC(C1CC1)C1CC1. The summed E-state index contributed by atoms with van der Waals surface area (Å²) in [5, 5.41) is 3.30. The highest BCUT2D eigenvalue weighted by atomic mass is 16.2. The zero-order chi connectivity index (χ0) is 16.7. The summed E-state index contributed by atoms with van der Waals surface area (Å²) >= 11 is 0. The van der Waals surface area contributed by atoms with Gasteiger partial charge in [0.15, 0.2) is 0 Å². The highest BCUT2D eigenvalue weighted by Gasteiger charge is 2.42. The molecule has 1 heterocycles. The number of carbonyl (C=O) groups excluding carboxylic acids is 2. The average Bonchev–Trinajstić information content (AvgIpc) is 3.46. The lowest BCUT2D eigenvalue weighted by Crippen LogP contribution is -2.43. The number of hydrogen-bond donors (Lipinski definition) is 1. The summed E-state index contributed by atoms with van der Waals surface area (Å²) in [6.45, 7) is 2.31. The van der Waals surface area contributed by atoms with Crippen LogP contribution in [0.1, 0.15) is 56.2 Å². The monoisotopic (exact) mass is 326 g/mol. The maximum Gasteiger partial charge on any atom is 0.222 e. The summed E-state index contributed by atoms with van der Waals surface area (Å²) in [4.78, 5) is 26.6. The number of rotatable bonds is 5. The van der Waals surface area contributed by atoms with Gasteiger partial charge in [-0.3, -0.25) is 9.59 Å². The van der Waals surface area contributed by atoms with E-state index in [1.807, 2.05) is 17.0 Å². The van der Waals surface area contributed by atoms with Crippen LogP contribution in [0.5, 0.6) is 0 Å². The maximum atomic E-state index is 12.7. The molecule has 3 aliphatic rings. The quantitative estimate of drug-likeness (QED) is 0.904. The van der Waals surface area contributed by atoms with Gasteiger partial charge in [0.05, 0.1) is 12.5 Å². The van der Waals surface area contributed by atoms with Gasteiger partial charge < -0.3 is 10.2 Å². The van der Waals surface area contributed by atoms with E-state index in [2.05, 4.69) is 17.4 Å². The molecule has 4 rings (SSSR count). The highest BCUT2D eigenvalue weighted by Crippen LogP contribution is 2.44. The standard InChI is InChI=1S/C20H26N2O2/c1-13(23)22-11-10-14-4-2-3-5-17(14)18(22)12-19(24)21-20(15-6-7-15)16-8-9-16/h2-5,15-16,18,20H,6-12H2,1H3,(H,21,24)/t18-/m1/s1. The summed E-state index contributed by atoms with van der Waals surface area (Å²) in [7, 11) is 0. The van der Waals surface area contributed by atoms with Gasteiger partial charge >= 0.3 is 0 Å². The molecule has 24 heavy (non-hydrogen) atoms. The second kappa shape index (κ2) is 6.23. The van der Waals surface area contributed by atoms with Gasteiger partial charge in [-0.15, -0.1) is 0 Å². The van der Waals surface area contributed by atoms with Crippen LogP contribution in [-0.2, 0) is 16.0 Å². The van der Waals surface area contributed by atoms with Crippen molar-refractivity contribution in [3.8, 4) is 0 Å². The van der Waals surface area contributed by atoms with Crippen molar-refractivity contribution in [2.45, 2.75) is 57.5 Å². The number of benzene rings is 1. The summed E-state index contributed by atoms with van der Waals surface area (Å²) in [5.74, 6) is 1.56. The Balaban J connectivity index is 1.49. The fourth-order valence-electron chi connectivity index (χ4n) is 4.20. The van der Waals surface area contributed by atoms with E-state index < -0.39 is 0 Å². The van der Waals surface area contributed by atoms with E-state index >= 15 is 0 Å². The molecule has 1 aliphatic heterocycles. The zero-order valence-corrected chi connectivity index (χ0v) is 14.3. The van der Waals surface area contributed by atoms with Crippen molar-refractivity contribution in [2.24, 2.45) is 11.8 Å². The normalized spacial score (nSPS) is 23.1. The van der Waals surface area contributed by atoms with Gasteiger partial charge in [0.1, 0.15) is 0 Å². The smallest absolute Gasteiger partial charge is 0.222 e. The first kappa shape index (κ1) is 15.7. The first-order chi connectivity index (χ1) is 11.6. The molecule has 0 aromatic heterocycles. The van der Waals surface area contributed by atoms with E-state index in [4.69, 9.17) is 0 Å². The van der Waals surface area contributed by atoms with Crippen LogP contribution >= 0.6 is 0 Å². The Labute approximate surface area is 143 Å². The van der Waals surface area contributed by atoms with Crippen LogP contribution in [0.25, 0.3) is 0 Å². The number of hydrogen-bond acceptors (Lipinski definition) is 2. The minimum absolute atomic E-state index is 0.0586. The fraction of sp³-hybridized carbons (Fsp3) is 0.600. The molecule has 2 aliphatic carbocycles. The van der Waals surface area contributed by atoms with E-state index in [1.165, 1.54) is 31.2 Å². The predicted octanol–water partition coefficient (Wildman–Crippen LogP) is 2.83. The van der Waals surface area contributed by atoms with Gasteiger partial charge in [-0.2, -0.15) is 0 Å². The molecular formula is C20H26N2O2. The predicted molar refractivity (Wildman–Crippen MR) is 92.3 cm³/mol. The van der Waals surface area contributed by atoms with Crippen molar-refractivity contribution in [3.63, 3.8) is 0 Å². The van der Waals surface area contributed by atoms with Crippen molar-refractivity contribution in [1.82, 2.24) is 10.2 Å². The molecule has 4 nitrogen and oxygen atoms in total. The molecule has 128 valence electrons. The van der Waals surface area contributed by atoms with Crippen molar-refractivity contribution in [1.29, 1.82) is 0 Å². The van der Waals surface area contributed by atoms with Crippen molar-refractivity contribution < 1.29 is 9.59 Å². The molecule has 0 bridgehead atoms. The summed E-state index contributed by atoms with van der Waals surface area (Å²) < 4.78 is 0. The molecule has 0 spiro atoms. The van der Waals surface area contributed by atoms with Crippen LogP contribution in [0, 0.1) is 11.8 Å². The van der Waals surface area contributed by atoms with Crippen LogP contribution in [0.2, 0.25) is 0 Å². The van der Waals surface area contributed by atoms with Crippen LogP contribution in [0.4, 0.5) is 0 Å². The molecule has 4 heteroatoms. The van der Waals surface area contributed by atoms with Crippen LogP contribution < -0.4 is 5.32 Å². The van der Waals surface area contributed by atoms with Gasteiger partial charge in [-0.1, -0.05) is 24.3 Å². The Hall–Kier alpha value is -1.84. The highest BCUT2D eigenvalue weighted by molar-refractivity contribution is 5.80. The van der Waals surface area contributed by atoms with E-state index in [-0.39, 0.29) is 17.9 Å². The number of nitrogens with zero attached hydrogens (tertiary/aromatic N) is 1. The average molecular weight is 326 g/mol. The van der Waals surface area contributed by atoms with E-state index in [0.29, 0.717) is 30.8 Å². The maximum absolute atomic E-state index is 12.7. The topological polar surface area (TPSA) is 49.4 Å². The fourth-order valence-corrected chi connectivity index (χ4v) is 4.20. The van der Waals surface area contributed by atoms with Gasteiger partial charge in [0.2, 0.25) is 11.8 Å². The Kier molecular flexibility index (Phi) is 4.07. The van der Waals surface area contributed by atoms with Crippen molar-refractivity contribution >= 4 is 11.8 Å². The van der Waals surface area contributed by atoms with Crippen molar-refractivity contribution in [2.75, 3.05) is 6.54 Å². The first-order valence-corrected chi connectivity index (χ1v) is 9.28. The first-order valence-electron chi connectivity index (χ1n) is 9.28. The number of carbonyl (C=O) groups is 2. The third-order valence-electron chi connectivity index (χ3n) is 5.78. The number of amides is 2. The Morgan fingerprint density at radius 3 is 2.46 bits per heavy atom. The minimum Gasteiger partial charge on any atom is -0.353 e. The molecule has 0 unspecified atom stereocenters. The molecule has 2 amide bonds. The summed E-state index contributed by atoms with van der Waals surface area (Å²) in [6.07, 6.45) is 6.29.